The second-order valence-corrected chi connectivity index (χ2v) is 7.90. The maximum Gasteiger partial charge on any atom is 0.338 e. The van der Waals surface area contributed by atoms with E-state index in [0.29, 0.717) is 17.5 Å². The van der Waals surface area contributed by atoms with Crippen LogP contribution in [-0.2, 0) is 33.8 Å². The fourth-order valence-corrected chi connectivity index (χ4v) is 3.33. The van der Waals surface area contributed by atoms with Gasteiger partial charge in [-0.1, -0.05) is 72.8 Å². The van der Waals surface area contributed by atoms with Gasteiger partial charge in [0.1, 0.15) is 6.61 Å². The van der Waals surface area contributed by atoms with Crippen molar-refractivity contribution in [2.45, 2.75) is 38.2 Å². The lowest BCUT2D eigenvalue weighted by molar-refractivity contribution is -0.132. The van der Waals surface area contributed by atoms with Crippen molar-refractivity contribution in [3.8, 4) is 0 Å². The Kier molecular flexibility index (Phi) is 9.05. The van der Waals surface area contributed by atoms with Gasteiger partial charge in [0.25, 0.3) is 0 Å². The van der Waals surface area contributed by atoms with Crippen LogP contribution in [0.2, 0.25) is 0 Å². The molecule has 0 bridgehead atoms. The first-order valence-electron chi connectivity index (χ1n) is 11.0. The predicted octanol–water partition coefficient (Wildman–Crippen LogP) is 3.53. The number of nitrogens with one attached hydrogen (secondary N) is 1. The first-order valence-corrected chi connectivity index (χ1v) is 11.0. The van der Waals surface area contributed by atoms with Crippen LogP contribution in [0.3, 0.4) is 0 Å². The molecule has 2 atom stereocenters. The quantitative estimate of drug-likeness (QED) is 0.336. The second-order valence-electron chi connectivity index (χ2n) is 7.90. The van der Waals surface area contributed by atoms with E-state index in [-0.39, 0.29) is 19.4 Å². The van der Waals surface area contributed by atoms with Crippen molar-refractivity contribution < 1.29 is 23.5 Å². The Balaban J connectivity index is 1.48. The lowest BCUT2D eigenvalue weighted by Crippen LogP contribution is -2.47. The SMILES string of the molecule is NC(Cc1cccc(C(=O)OCc2ccccc2)c1)C(=O)NC(F)C(=O)CCc1ccccc1. The van der Waals surface area contributed by atoms with E-state index in [2.05, 4.69) is 0 Å². The minimum absolute atomic E-state index is 0.0339. The summed E-state index contributed by atoms with van der Waals surface area (Å²) in [6, 6.07) is 24.0. The zero-order chi connectivity index (χ0) is 24.3. The number of halogens is 1. The number of rotatable bonds is 11. The van der Waals surface area contributed by atoms with Crippen LogP contribution in [0.4, 0.5) is 4.39 Å². The van der Waals surface area contributed by atoms with Crippen LogP contribution in [-0.4, -0.2) is 30.0 Å². The van der Waals surface area contributed by atoms with Gasteiger partial charge in [-0.2, -0.15) is 0 Å². The number of esters is 1. The average Bonchev–Trinajstić information content (AvgIpc) is 2.87. The number of ketones is 1. The molecular weight excluding hydrogens is 435 g/mol. The summed E-state index contributed by atoms with van der Waals surface area (Å²) >= 11 is 0. The van der Waals surface area contributed by atoms with Crippen molar-refractivity contribution in [1.82, 2.24) is 5.32 Å². The number of alkyl halides is 1. The highest BCUT2D eigenvalue weighted by Crippen LogP contribution is 2.11. The van der Waals surface area contributed by atoms with Crippen molar-refractivity contribution in [1.29, 1.82) is 0 Å². The number of Topliss-reactive ketones (excluding diaryl/α,β-unsaturated/α-hetero) is 1. The molecule has 1 amide bonds. The number of hydrogen-bond donors (Lipinski definition) is 2. The Morgan fingerprint density at radius 2 is 1.47 bits per heavy atom. The summed E-state index contributed by atoms with van der Waals surface area (Å²) in [5.41, 5.74) is 8.63. The summed E-state index contributed by atoms with van der Waals surface area (Å²) in [6.07, 6.45) is -1.71. The van der Waals surface area contributed by atoms with Gasteiger partial charge < -0.3 is 15.8 Å². The number of hydrogen-bond acceptors (Lipinski definition) is 5. The highest BCUT2D eigenvalue weighted by atomic mass is 19.1. The summed E-state index contributed by atoms with van der Waals surface area (Å²) in [6.45, 7) is 0.141. The fraction of sp³-hybridized carbons (Fsp3) is 0.222. The van der Waals surface area contributed by atoms with Crippen LogP contribution in [0.1, 0.15) is 33.5 Å². The highest BCUT2D eigenvalue weighted by Gasteiger charge is 2.23. The van der Waals surface area contributed by atoms with Crippen molar-refractivity contribution >= 4 is 17.7 Å². The molecule has 0 aromatic heterocycles. The van der Waals surface area contributed by atoms with Gasteiger partial charge in [0.05, 0.1) is 11.6 Å². The molecule has 0 saturated carbocycles. The summed E-state index contributed by atoms with van der Waals surface area (Å²) in [7, 11) is 0. The first-order chi connectivity index (χ1) is 16.4. The van der Waals surface area contributed by atoms with Crippen LogP contribution in [0.25, 0.3) is 0 Å². The highest BCUT2D eigenvalue weighted by molar-refractivity contribution is 5.91. The van der Waals surface area contributed by atoms with Crippen LogP contribution in [0.15, 0.2) is 84.9 Å². The molecular formula is C27H27FN2O4. The van der Waals surface area contributed by atoms with Gasteiger partial charge in [0.2, 0.25) is 12.2 Å². The Morgan fingerprint density at radius 3 is 2.15 bits per heavy atom. The van der Waals surface area contributed by atoms with Gasteiger partial charge in [0.15, 0.2) is 5.78 Å². The second kappa shape index (κ2) is 12.4. The molecule has 7 heteroatoms. The molecule has 3 aromatic rings. The van der Waals surface area contributed by atoms with Gasteiger partial charge in [-0.25, -0.2) is 9.18 Å². The zero-order valence-corrected chi connectivity index (χ0v) is 18.7. The molecule has 0 fully saturated rings. The number of carbonyl (C=O) groups excluding carboxylic acids is 3. The number of ether oxygens (including phenoxy) is 1. The number of aryl methyl sites for hydroxylation is 1. The summed E-state index contributed by atoms with van der Waals surface area (Å²) < 4.78 is 19.6. The van der Waals surface area contributed by atoms with Gasteiger partial charge in [-0.05, 0) is 41.7 Å². The summed E-state index contributed by atoms with van der Waals surface area (Å²) in [5, 5.41) is 2.04. The first kappa shape index (κ1) is 24.8. The predicted molar refractivity (Wildman–Crippen MR) is 126 cm³/mol. The number of amides is 1. The van der Waals surface area contributed by atoms with Gasteiger partial charge >= 0.3 is 5.97 Å². The average molecular weight is 463 g/mol. The van der Waals surface area contributed by atoms with E-state index in [1.54, 1.807) is 24.3 Å². The molecule has 3 rings (SSSR count). The normalized spacial score (nSPS) is 12.4. The summed E-state index contributed by atoms with van der Waals surface area (Å²) in [5.74, 6) is -2.00. The van der Waals surface area contributed by atoms with E-state index >= 15 is 0 Å². The van der Waals surface area contributed by atoms with Crippen LogP contribution < -0.4 is 11.1 Å². The zero-order valence-electron chi connectivity index (χ0n) is 18.7. The van der Waals surface area contributed by atoms with Crippen LogP contribution >= 0.6 is 0 Å². The monoisotopic (exact) mass is 462 g/mol. The summed E-state index contributed by atoms with van der Waals surface area (Å²) in [4.78, 5) is 36.7. The maximum absolute atomic E-state index is 14.2. The Labute approximate surface area is 197 Å². The number of benzene rings is 3. The topological polar surface area (TPSA) is 98.5 Å². The van der Waals surface area contributed by atoms with E-state index < -0.39 is 30.0 Å². The minimum Gasteiger partial charge on any atom is -0.457 e. The Morgan fingerprint density at radius 1 is 0.853 bits per heavy atom. The van der Waals surface area contributed by atoms with E-state index in [4.69, 9.17) is 10.5 Å². The maximum atomic E-state index is 14.2. The third kappa shape index (κ3) is 7.64. The van der Waals surface area contributed by atoms with Crippen LogP contribution in [0, 0.1) is 0 Å². The Bertz CT molecular complexity index is 1110. The van der Waals surface area contributed by atoms with Crippen molar-refractivity contribution in [3.05, 3.63) is 107 Å². The lowest BCUT2D eigenvalue weighted by atomic mass is 10.0. The molecule has 0 spiro atoms. The standard InChI is InChI=1S/C27H27FN2O4/c28-25(24(31)15-14-19-8-3-1-4-9-19)30-26(32)23(29)17-21-12-7-13-22(16-21)27(33)34-18-20-10-5-2-6-11-20/h1-13,16,23,25H,14-15,17-18,29H2,(H,30,32). The largest absolute Gasteiger partial charge is 0.457 e. The molecule has 0 aliphatic carbocycles. The minimum atomic E-state index is -2.12. The molecule has 0 saturated heterocycles. The molecule has 34 heavy (non-hydrogen) atoms. The molecule has 6 nitrogen and oxygen atoms in total. The number of nitrogens with two attached hydrogens (primary N) is 1. The van der Waals surface area contributed by atoms with Gasteiger partial charge in [-0.3, -0.25) is 9.59 Å². The third-order valence-corrected chi connectivity index (χ3v) is 5.22. The fourth-order valence-electron chi connectivity index (χ4n) is 3.33. The molecule has 2 unspecified atom stereocenters. The van der Waals surface area contributed by atoms with Crippen LogP contribution in [0.5, 0.6) is 0 Å². The number of carbonyl (C=O) groups is 3. The van der Waals surface area contributed by atoms with Gasteiger partial charge in [-0.15, -0.1) is 0 Å². The van der Waals surface area contributed by atoms with Crippen molar-refractivity contribution in [2.75, 3.05) is 0 Å². The van der Waals surface area contributed by atoms with Gasteiger partial charge in [0, 0.05) is 6.42 Å². The molecule has 176 valence electrons. The lowest BCUT2D eigenvalue weighted by Gasteiger charge is -2.15. The van der Waals surface area contributed by atoms with E-state index in [1.165, 1.54) is 0 Å². The van der Waals surface area contributed by atoms with Crippen molar-refractivity contribution in [3.63, 3.8) is 0 Å². The van der Waals surface area contributed by atoms with E-state index in [1.807, 2.05) is 66.0 Å². The Hall–Kier alpha value is -3.84. The molecule has 0 aliphatic heterocycles. The smallest absolute Gasteiger partial charge is 0.338 e. The molecule has 0 aliphatic rings. The molecule has 0 radical (unpaired) electrons. The molecule has 3 aromatic carbocycles. The molecule has 0 heterocycles. The van der Waals surface area contributed by atoms with E-state index in [0.717, 1.165) is 11.1 Å². The van der Waals surface area contributed by atoms with E-state index in [9.17, 15) is 18.8 Å². The molecule has 3 N–H and O–H groups in total. The third-order valence-electron chi connectivity index (χ3n) is 5.22. The van der Waals surface area contributed by atoms with Crippen molar-refractivity contribution in [2.24, 2.45) is 5.73 Å².